The van der Waals surface area contributed by atoms with Crippen LogP contribution < -0.4 is 19.3 Å². The molecule has 2 atom stereocenters. The summed E-state index contributed by atoms with van der Waals surface area (Å²) in [5.74, 6) is 1.33. The number of ether oxygens (including phenoxy) is 3. The van der Waals surface area contributed by atoms with Gasteiger partial charge in [-0.05, 0) is 67.1 Å². The van der Waals surface area contributed by atoms with Crippen molar-refractivity contribution in [3.8, 4) is 11.8 Å². The smallest absolute Gasteiger partial charge is 0.318 e. The van der Waals surface area contributed by atoms with Crippen LogP contribution in [-0.2, 0) is 37.1 Å². The van der Waals surface area contributed by atoms with E-state index in [4.69, 9.17) is 24.2 Å². The van der Waals surface area contributed by atoms with Crippen molar-refractivity contribution < 1.29 is 23.0 Å². The molecule has 6 heterocycles. The number of hydrogen-bond acceptors (Lipinski definition) is 9. The quantitative estimate of drug-likeness (QED) is 0.208. The lowest BCUT2D eigenvalue weighted by Crippen LogP contribution is -2.43. The van der Waals surface area contributed by atoms with Gasteiger partial charge in [-0.15, -0.1) is 0 Å². The molecule has 4 aliphatic heterocycles. The summed E-state index contributed by atoms with van der Waals surface area (Å²) in [6.07, 6.45) is 5.70. The lowest BCUT2D eigenvalue weighted by atomic mass is 9.87. The number of H-pyrrole nitrogens is 1. The van der Waals surface area contributed by atoms with Gasteiger partial charge >= 0.3 is 6.01 Å². The number of alkyl halides is 1. The highest BCUT2D eigenvalue weighted by Crippen LogP contribution is 2.42. The van der Waals surface area contributed by atoms with Crippen LogP contribution in [0.25, 0.3) is 10.8 Å². The fourth-order valence-corrected chi connectivity index (χ4v) is 8.91. The van der Waals surface area contributed by atoms with Gasteiger partial charge in [-0.25, -0.2) is 8.78 Å². The molecule has 266 valence electrons. The molecular formula is C38H47F2N7O3. The summed E-state index contributed by atoms with van der Waals surface area (Å²) in [6.45, 7) is 11.0. The van der Waals surface area contributed by atoms with Crippen molar-refractivity contribution in [3.63, 3.8) is 0 Å². The van der Waals surface area contributed by atoms with Gasteiger partial charge in [0.05, 0.1) is 23.5 Å². The van der Waals surface area contributed by atoms with Crippen molar-refractivity contribution in [2.75, 3.05) is 56.5 Å². The molecular weight excluding hydrogens is 640 g/mol. The Kier molecular flexibility index (Phi) is 8.57. The SMILES string of the molecule is CCc1c(F)ccc2cc(OCOC)cc(N3CCc4c(nc(OC[C@@]56CCCN5C[C@H](F)C6)nc4N4Cc5c[nH]nc5CC(C)(C)C4)C3)c12. The minimum atomic E-state index is -0.840. The number of halogens is 2. The molecule has 0 spiro atoms. The molecule has 0 bridgehead atoms. The first-order valence-electron chi connectivity index (χ1n) is 18.0. The van der Waals surface area contributed by atoms with Gasteiger partial charge in [-0.2, -0.15) is 15.1 Å². The number of aromatic nitrogens is 4. The Morgan fingerprint density at radius 1 is 1.06 bits per heavy atom. The summed E-state index contributed by atoms with van der Waals surface area (Å²) in [6, 6.07) is 7.61. The number of methoxy groups -OCH3 is 1. The number of nitrogens with zero attached hydrogens (tertiary/aromatic N) is 6. The molecule has 2 aromatic heterocycles. The van der Waals surface area contributed by atoms with Gasteiger partial charge in [-0.1, -0.05) is 26.8 Å². The first-order valence-corrected chi connectivity index (χ1v) is 18.0. The molecule has 0 amide bonds. The first-order chi connectivity index (χ1) is 24.1. The van der Waals surface area contributed by atoms with Gasteiger partial charge in [0.25, 0.3) is 0 Å². The van der Waals surface area contributed by atoms with Crippen LogP contribution in [0.2, 0.25) is 0 Å². The second-order valence-electron chi connectivity index (χ2n) is 15.3. The van der Waals surface area contributed by atoms with Gasteiger partial charge in [0, 0.05) is 74.2 Å². The molecule has 0 radical (unpaired) electrons. The maximum absolute atomic E-state index is 15.3. The van der Waals surface area contributed by atoms with E-state index >= 15 is 4.39 Å². The Morgan fingerprint density at radius 2 is 1.94 bits per heavy atom. The van der Waals surface area contributed by atoms with E-state index in [-0.39, 0.29) is 23.6 Å². The van der Waals surface area contributed by atoms with Gasteiger partial charge < -0.3 is 24.0 Å². The normalized spacial score (nSPS) is 23.1. The molecule has 8 rings (SSSR count). The van der Waals surface area contributed by atoms with E-state index in [0.717, 1.165) is 77.1 Å². The van der Waals surface area contributed by atoms with Crippen LogP contribution in [0.1, 0.15) is 68.1 Å². The molecule has 0 aliphatic carbocycles. The van der Waals surface area contributed by atoms with Gasteiger partial charge in [0.2, 0.25) is 0 Å². The predicted octanol–water partition coefficient (Wildman–Crippen LogP) is 6.14. The average molecular weight is 688 g/mol. The summed E-state index contributed by atoms with van der Waals surface area (Å²) >= 11 is 0. The van der Waals surface area contributed by atoms with Gasteiger partial charge in [0.1, 0.15) is 30.2 Å². The van der Waals surface area contributed by atoms with Crippen LogP contribution in [0.5, 0.6) is 11.8 Å². The van der Waals surface area contributed by atoms with Crippen molar-refractivity contribution in [2.24, 2.45) is 5.41 Å². The molecule has 2 fully saturated rings. The monoisotopic (exact) mass is 687 g/mol. The van der Waals surface area contributed by atoms with Crippen LogP contribution in [-0.4, -0.2) is 83.5 Å². The number of aromatic amines is 1. The second kappa shape index (κ2) is 12.9. The van der Waals surface area contributed by atoms with E-state index in [1.165, 1.54) is 6.07 Å². The van der Waals surface area contributed by atoms with E-state index in [2.05, 4.69) is 38.7 Å². The fraction of sp³-hybridized carbons (Fsp3) is 0.553. The molecule has 12 heteroatoms. The van der Waals surface area contributed by atoms with Crippen molar-refractivity contribution in [1.29, 1.82) is 0 Å². The van der Waals surface area contributed by atoms with Crippen molar-refractivity contribution in [2.45, 2.75) is 84.1 Å². The van der Waals surface area contributed by atoms with Crippen molar-refractivity contribution in [1.82, 2.24) is 25.1 Å². The summed E-state index contributed by atoms with van der Waals surface area (Å²) < 4.78 is 47.6. The molecule has 10 nitrogen and oxygen atoms in total. The Morgan fingerprint density at radius 3 is 2.78 bits per heavy atom. The topological polar surface area (TPSA) is 91.9 Å². The minimum absolute atomic E-state index is 0.0501. The molecule has 4 aromatic rings. The zero-order valence-electron chi connectivity index (χ0n) is 29.5. The molecule has 0 unspecified atom stereocenters. The van der Waals surface area contributed by atoms with Crippen LogP contribution in [0.3, 0.4) is 0 Å². The van der Waals surface area contributed by atoms with Crippen LogP contribution >= 0.6 is 0 Å². The predicted molar refractivity (Wildman–Crippen MR) is 188 cm³/mol. The zero-order valence-corrected chi connectivity index (χ0v) is 29.5. The summed E-state index contributed by atoms with van der Waals surface area (Å²) in [4.78, 5) is 17.1. The van der Waals surface area contributed by atoms with Crippen molar-refractivity contribution >= 4 is 22.3 Å². The minimum Gasteiger partial charge on any atom is -0.467 e. The molecule has 50 heavy (non-hydrogen) atoms. The van der Waals surface area contributed by atoms with E-state index in [1.54, 1.807) is 7.11 Å². The van der Waals surface area contributed by atoms with Crippen LogP contribution in [0, 0.1) is 11.2 Å². The molecule has 2 aromatic carbocycles. The molecule has 2 saturated heterocycles. The number of nitrogens with one attached hydrogen (secondary N) is 1. The first kappa shape index (κ1) is 33.1. The van der Waals surface area contributed by atoms with Gasteiger partial charge in [-0.3, -0.25) is 10.00 Å². The Bertz CT molecular complexity index is 1900. The second-order valence-corrected chi connectivity index (χ2v) is 15.3. The lowest BCUT2D eigenvalue weighted by molar-refractivity contribution is 0.0512. The number of benzene rings is 2. The Labute approximate surface area is 292 Å². The molecule has 1 N–H and O–H groups in total. The Balaban J connectivity index is 1.20. The molecule has 0 saturated carbocycles. The molecule has 4 aliphatic rings. The number of aryl methyl sites for hydroxylation is 1. The number of hydrogen-bond donors (Lipinski definition) is 1. The summed E-state index contributed by atoms with van der Waals surface area (Å²) in [5.41, 5.74) is 5.45. The van der Waals surface area contributed by atoms with E-state index < -0.39 is 6.17 Å². The highest BCUT2D eigenvalue weighted by Gasteiger charge is 2.49. The third-order valence-corrected chi connectivity index (χ3v) is 11.1. The van der Waals surface area contributed by atoms with E-state index in [1.807, 2.05) is 31.3 Å². The maximum atomic E-state index is 15.3. The maximum Gasteiger partial charge on any atom is 0.318 e. The number of rotatable bonds is 9. The third-order valence-electron chi connectivity index (χ3n) is 11.1. The average Bonchev–Trinajstić information content (AvgIpc) is 3.76. The van der Waals surface area contributed by atoms with E-state index in [0.29, 0.717) is 69.4 Å². The van der Waals surface area contributed by atoms with E-state index in [9.17, 15) is 4.39 Å². The standard InChI is InChI=1S/C38H47F2N7O3/c1-5-28-30(40)8-7-24-13-27(50-23-48-4)14-33(34(24)28)45-12-9-29-32(20-45)42-36(49-22-38-10-6-11-47(38)19-26(39)15-38)43-35(29)46-18-25-17-41-44-31(25)16-37(2,3)21-46/h7-8,13-14,17,26H,5-6,9-12,15-16,18-23H2,1-4H3,(H,41,44)/t26-,38+/m1/s1. The highest BCUT2D eigenvalue weighted by molar-refractivity contribution is 5.98. The number of anilines is 2. The largest absolute Gasteiger partial charge is 0.467 e. The summed E-state index contributed by atoms with van der Waals surface area (Å²) in [5, 5.41) is 9.45. The summed E-state index contributed by atoms with van der Waals surface area (Å²) in [7, 11) is 1.59. The fourth-order valence-electron chi connectivity index (χ4n) is 8.91. The van der Waals surface area contributed by atoms with Crippen molar-refractivity contribution in [3.05, 3.63) is 64.4 Å². The zero-order chi connectivity index (χ0) is 34.6. The van der Waals surface area contributed by atoms with Gasteiger partial charge in [0.15, 0.2) is 6.79 Å². The lowest BCUT2D eigenvalue weighted by Gasteiger charge is -2.36. The third kappa shape index (κ3) is 6.04. The highest BCUT2D eigenvalue weighted by atomic mass is 19.1. The van der Waals surface area contributed by atoms with Crippen LogP contribution in [0.4, 0.5) is 20.3 Å². The van der Waals surface area contributed by atoms with Crippen LogP contribution in [0.15, 0.2) is 30.5 Å². The number of fused-ring (bicyclic) bond motifs is 4. The Hall–Kier alpha value is -4.03.